The summed E-state index contributed by atoms with van der Waals surface area (Å²) in [6.45, 7) is 2.34. The number of fused-ring (bicyclic) bond motifs is 1. The van der Waals surface area contributed by atoms with E-state index in [4.69, 9.17) is 11.6 Å². The fourth-order valence-electron chi connectivity index (χ4n) is 3.21. The van der Waals surface area contributed by atoms with Crippen LogP contribution in [0.4, 0.5) is 11.4 Å². The minimum Gasteiger partial charge on any atom is -0.381 e. The molecule has 2 aliphatic heterocycles. The number of anilines is 1. The van der Waals surface area contributed by atoms with Crippen molar-refractivity contribution in [2.75, 3.05) is 18.4 Å². The average molecular weight is 282 g/mol. The summed E-state index contributed by atoms with van der Waals surface area (Å²) in [4.78, 5) is 12.8. The molecule has 19 heavy (non-hydrogen) atoms. The zero-order valence-corrected chi connectivity index (χ0v) is 11.3. The van der Waals surface area contributed by atoms with Gasteiger partial charge in [0.05, 0.1) is 4.92 Å². The maximum absolute atomic E-state index is 10.7. The van der Waals surface area contributed by atoms with Crippen LogP contribution in [0, 0.1) is 10.1 Å². The lowest BCUT2D eigenvalue weighted by Crippen LogP contribution is -2.33. The second-order valence-corrected chi connectivity index (χ2v) is 5.62. The smallest absolute Gasteiger partial charge is 0.288 e. The van der Waals surface area contributed by atoms with Crippen molar-refractivity contribution in [2.24, 2.45) is 0 Å². The zero-order chi connectivity index (χ0) is 13.4. The molecule has 2 saturated heterocycles. The lowest BCUT2D eigenvalue weighted by atomic mass is 10.1. The van der Waals surface area contributed by atoms with E-state index in [1.807, 2.05) is 0 Å². The Balaban J connectivity index is 1.73. The van der Waals surface area contributed by atoms with Gasteiger partial charge in [0.2, 0.25) is 0 Å². The lowest BCUT2D eigenvalue weighted by Gasteiger charge is -2.22. The molecule has 5 nitrogen and oxygen atoms in total. The molecule has 1 aromatic rings. The van der Waals surface area contributed by atoms with Gasteiger partial charge >= 0.3 is 0 Å². The van der Waals surface area contributed by atoms with Gasteiger partial charge in [0, 0.05) is 30.4 Å². The summed E-state index contributed by atoms with van der Waals surface area (Å²) in [5.41, 5.74) is 0.829. The monoisotopic (exact) mass is 281 g/mol. The normalized spacial score (nSPS) is 26.4. The number of nitrogens with one attached hydrogen (secondary N) is 1. The molecular weight excluding hydrogens is 266 g/mol. The Bertz CT molecular complexity index is 509. The molecule has 0 aliphatic carbocycles. The van der Waals surface area contributed by atoms with Crippen LogP contribution >= 0.6 is 11.6 Å². The van der Waals surface area contributed by atoms with Crippen molar-refractivity contribution in [3.8, 4) is 0 Å². The highest BCUT2D eigenvalue weighted by Gasteiger charge is 2.37. The maximum Gasteiger partial charge on any atom is 0.288 e. The Labute approximate surface area is 116 Å². The number of benzene rings is 1. The predicted octanol–water partition coefficient (Wildman–Crippen LogP) is 2.90. The van der Waals surface area contributed by atoms with Crippen molar-refractivity contribution in [1.29, 1.82) is 0 Å². The summed E-state index contributed by atoms with van der Waals surface area (Å²) in [5, 5.41) is 14.4. The van der Waals surface area contributed by atoms with Gasteiger partial charge in [0.15, 0.2) is 0 Å². The van der Waals surface area contributed by atoms with E-state index in [-0.39, 0.29) is 10.7 Å². The molecule has 1 N–H and O–H groups in total. The Kier molecular flexibility index (Phi) is 3.33. The molecule has 2 fully saturated rings. The summed E-state index contributed by atoms with van der Waals surface area (Å²) in [6, 6.07) is 5.89. The van der Waals surface area contributed by atoms with Crippen LogP contribution in [0.1, 0.15) is 19.3 Å². The molecule has 0 bridgehead atoms. The Morgan fingerprint density at radius 1 is 1.37 bits per heavy atom. The van der Waals surface area contributed by atoms with E-state index in [1.54, 1.807) is 12.1 Å². The summed E-state index contributed by atoms with van der Waals surface area (Å²) in [7, 11) is 0. The third-order valence-corrected chi connectivity index (χ3v) is 4.41. The van der Waals surface area contributed by atoms with Gasteiger partial charge in [-0.15, -0.1) is 0 Å². The van der Waals surface area contributed by atoms with Crippen LogP contribution in [-0.2, 0) is 0 Å². The molecule has 0 amide bonds. The van der Waals surface area contributed by atoms with Crippen LogP contribution in [0.2, 0.25) is 5.02 Å². The second-order valence-electron chi connectivity index (χ2n) is 5.21. The number of halogens is 1. The molecule has 0 spiro atoms. The SMILES string of the molecule is O=[N+]([O-])c1ccc(NC2CCN3CCCC23)cc1Cl. The van der Waals surface area contributed by atoms with E-state index in [9.17, 15) is 10.1 Å². The highest BCUT2D eigenvalue weighted by molar-refractivity contribution is 6.32. The van der Waals surface area contributed by atoms with Crippen molar-refractivity contribution < 1.29 is 4.92 Å². The van der Waals surface area contributed by atoms with Crippen molar-refractivity contribution in [3.63, 3.8) is 0 Å². The van der Waals surface area contributed by atoms with Gasteiger partial charge in [-0.3, -0.25) is 15.0 Å². The number of nitrogens with zero attached hydrogens (tertiary/aromatic N) is 2. The molecule has 2 unspecified atom stereocenters. The van der Waals surface area contributed by atoms with Crippen molar-refractivity contribution in [2.45, 2.75) is 31.3 Å². The molecule has 2 atom stereocenters. The van der Waals surface area contributed by atoms with Crippen LogP contribution in [0.25, 0.3) is 0 Å². The van der Waals surface area contributed by atoms with Crippen LogP contribution in [0.5, 0.6) is 0 Å². The highest BCUT2D eigenvalue weighted by atomic mass is 35.5. The first-order valence-electron chi connectivity index (χ1n) is 6.59. The van der Waals surface area contributed by atoms with E-state index in [0.29, 0.717) is 12.1 Å². The molecule has 3 rings (SSSR count). The van der Waals surface area contributed by atoms with Crippen molar-refractivity contribution >= 4 is 23.0 Å². The number of hydrogen-bond donors (Lipinski definition) is 1. The molecule has 0 aromatic heterocycles. The topological polar surface area (TPSA) is 58.4 Å². The molecule has 0 radical (unpaired) electrons. The Morgan fingerprint density at radius 2 is 2.21 bits per heavy atom. The third-order valence-electron chi connectivity index (χ3n) is 4.10. The third kappa shape index (κ3) is 2.40. The van der Waals surface area contributed by atoms with Crippen LogP contribution in [-0.4, -0.2) is 35.0 Å². The Morgan fingerprint density at radius 3 is 2.95 bits per heavy atom. The molecule has 2 aliphatic rings. The van der Waals surface area contributed by atoms with E-state index >= 15 is 0 Å². The highest BCUT2D eigenvalue weighted by Crippen LogP contribution is 2.32. The van der Waals surface area contributed by atoms with Crippen molar-refractivity contribution in [3.05, 3.63) is 33.3 Å². The van der Waals surface area contributed by atoms with Gasteiger partial charge in [0.1, 0.15) is 5.02 Å². The van der Waals surface area contributed by atoms with Crippen LogP contribution < -0.4 is 5.32 Å². The lowest BCUT2D eigenvalue weighted by molar-refractivity contribution is -0.384. The number of rotatable bonds is 3. The van der Waals surface area contributed by atoms with Gasteiger partial charge in [0.25, 0.3) is 5.69 Å². The minimum atomic E-state index is -0.458. The molecule has 0 saturated carbocycles. The fourth-order valence-corrected chi connectivity index (χ4v) is 3.46. The predicted molar refractivity (Wildman–Crippen MR) is 74.7 cm³/mol. The zero-order valence-electron chi connectivity index (χ0n) is 10.5. The summed E-state index contributed by atoms with van der Waals surface area (Å²) >= 11 is 5.93. The first-order chi connectivity index (χ1) is 9.15. The number of hydrogen-bond acceptors (Lipinski definition) is 4. The molecule has 102 valence electrons. The van der Waals surface area contributed by atoms with Crippen LogP contribution in [0.15, 0.2) is 18.2 Å². The van der Waals surface area contributed by atoms with Gasteiger partial charge in [-0.1, -0.05) is 11.6 Å². The molecule has 6 heteroatoms. The maximum atomic E-state index is 10.7. The van der Waals surface area contributed by atoms with Crippen LogP contribution in [0.3, 0.4) is 0 Å². The summed E-state index contributed by atoms with van der Waals surface area (Å²) < 4.78 is 0. The van der Waals surface area contributed by atoms with E-state index in [2.05, 4.69) is 10.2 Å². The van der Waals surface area contributed by atoms with Gasteiger partial charge in [-0.2, -0.15) is 0 Å². The van der Waals surface area contributed by atoms with Gasteiger partial charge < -0.3 is 5.32 Å². The molecule has 1 aromatic carbocycles. The fraction of sp³-hybridized carbons (Fsp3) is 0.538. The number of nitro groups is 1. The standard InChI is InChI=1S/C13H16ClN3O2/c14-10-8-9(3-4-12(10)17(18)19)15-11-5-7-16-6-1-2-13(11)16/h3-4,8,11,13,15H,1-2,5-7H2. The van der Waals surface area contributed by atoms with E-state index < -0.39 is 4.92 Å². The number of nitro benzene ring substituents is 1. The van der Waals surface area contributed by atoms with Gasteiger partial charge in [-0.05, 0) is 37.9 Å². The summed E-state index contributed by atoms with van der Waals surface area (Å²) in [5.74, 6) is 0. The Hall–Kier alpha value is -1.33. The quantitative estimate of drug-likeness (QED) is 0.684. The molecular formula is C13H16ClN3O2. The minimum absolute atomic E-state index is 0.0406. The summed E-state index contributed by atoms with van der Waals surface area (Å²) in [6.07, 6.45) is 3.63. The van der Waals surface area contributed by atoms with Crippen molar-refractivity contribution in [1.82, 2.24) is 4.90 Å². The van der Waals surface area contributed by atoms with E-state index in [0.717, 1.165) is 18.7 Å². The molecule has 2 heterocycles. The largest absolute Gasteiger partial charge is 0.381 e. The average Bonchev–Trinajstić information content (AvgIpc) is 2.94. The van der Waals surface area contributed by atoms with E-state index in [1.165, 1.54) is 25.5 Å². The van der Waals surface area contributed by atoms with Gasteiger partial charge in [-0.25, -0.2) is 0 Å². The second kappa shape index (κ2) is 4.98. The first-order valence-corrected chi connectivity index (χ1v) is 6.97. The first kappa shape index (κ1) is 12.7.